The quantitative estimate of drug-likeness (QED) is 0.788. The van der Waals surface area contributed by atoms with Crippen LogP contribution in [0.4, 0.5) is 5.69 Å². The Morgan fingerprint density at radius 1 is 1.55 bits per heavy atom. The molecule has 1 unspecified atom stereocenters. The van der Waals surface area contributed by atoms with E-state index >= 15 is 0 Å². The summed E-state index contributed by atoms with van der Waals surface area (Å²) < 4.78 is 5.59. The molecular formula is C15H20N2O3. The molecule has 20 heavy (non-hydrogen) atoms. The molecule has 1 amide bonds. The van der Waals surface area contributed by atoms with Gasteiger partial charge in [0.25, 0.3) is 0 Å². The number of rotatable bonds is 1. The second-order valence-corrected chi connectivity index (χ2v) is 5.67. The van der Waals surface area contributed by atoms with E-state index in [4.69, 9.17) is 10.5 Å². The van der Waals surface area contributed by atoms with Crippen molar-refractivity contribution in [3.8, 4) is 5.75 Å². The van der Waals surface area contributed by atoms with E-state index in [0.717, 1.165) is 29.0 Å². The van der Waals surface area contributed by atoms with E-state index in [1.165, 1.54) is 0 Å². The summed E-state index contributed by atoms with van der Waals surface area (Å²) in [4.78, 5) is 13.7. The van der Waals surface area contributed by atoms with Crippen LogP contribution in [0.3, 0.4) is 0 Å². The average Bonchev–Trinajstić information content (AvgIpc) is 2.82. The molecule has 0 saturated heterocycles. The first-order chi connectivity index (χ1) is 9.54. The fourth-order valence-electron chi connectivity index (χ4n) is 3.15. The number of benzene rings is 1. The van der Waals surface area contributed by atoms with Crippen molar-refractivity contribution in [2.24, 2.45) is 5.73 Å². The third-order valence-corrected chi connectivity index (χ3v) is 4.28. The molecule has 5 heteroatoms. The van der Waals surface area contributed by atoms with Crippen LogP contribution in [0.5, 0.6) is 5.75 Å². The van der Waals surface area contributed by atoms with Crippen molar-refractivity contribution in [3.05, 3.63) is 23.3 Å². The molecule has 0 spiro atoms. The van der Waals surface area contributed by atoms with Crippen LogP contribution in [0.15, 0.2) is 12.1 Å². The number of aliphatic hydroxyl groups is 1. The normalized spacial score (nSPS) is 24.6. The van der Waals surface area contributed by atoms with Crippen molar-refractivity contribution in [1.29, 1.82) is 0 Å². The van der Waals surface area contributed by atoms with Gasteiger partial charge >= 0.3 is 0 Å². The average molecular weight is 276 g/mol. The molecule has 2 aliphatic rings. The van der Waals surface area contributed by atoms with E-state index in [9.17, 15) is 9.90 Å². The van der Waals surface area contributed by atoms with Gasteiger partial charge in [-0.3, -0.25) is 4.79 Å². The SMILES string of the molecule is CC(=O)N1CCC(O)(CN)Cc2ccc3c(c21)CCO3. The van der Waals surface area contributed by atoms with Crippen LogP contribution in [0.2, 0.25) is 0 Å². The number of fused-ring (bicyclic) bond motifs is 3. The molecule has 3 N–H and O–H groups in total. The van der Waals surface area contributed by atoms with Crippen LogP contribution < -0.4 is 15.4 Å². The van der Waals surface area contributed by atoms with Gasteiger partial charge in [-0.05, 0) is 18.1 Å². The Hall–Kier alpha value is -1.59. The van der Waals surface area contributed by atoms with Gasteiger partial charge in [-0.15, -0.1) is 0 Å². The number of carbonyl (C=O) groups is 1. The number of ether oxygens (including phenoxy) is 1. The molecule has 3 rings (SSSR count). The zero-order valence-electron chi connectivity index (χ0n) is 11.7. The number of nitrogens with two attached hydrogens (primary N) is 1. The molecule has 0 radical (unpaired) electrons. The van der Waals surface area contributed by atoms with Gasteiger partial charge in [0.1, 0.15) is 5.75 Å². The van der Waals surface area contributed by atoms with Gasteiger partial charge in [0.2, 0.25) is 5.91 Å². The molecule has 0 aromatic heterocycles. The van der Waals surface area contributed by atoms with Crippen LogP contribution in [0, 0.1) is 0 Å². The fraction of sp³-hybridized carbons (Fsp3) is 0.533. The molecule has 5 nitrogen and oxygen atoms in total. The zero-order valence-corrected chi connectivity index (χ0v) is 11.7. The van der Waals surface area contributed by atoms with Crippen molar-refractivity contribution >= 4 is 11.6 Å². The van der Waals surface area contributed by atoms with Gasteiger partial charge in [-0.25, -0.2) is 0 Å². The molecule has 2 heterocycles. The Morgan fingerprint density at radius 3 is 3.05 bits per heavy atom. The molecule has 1 aromatic rings. The summed E-state index contributed by atoms with van der Waals surface area (Å²) in [6.45, 7) is 2.91. The lowest BCUT2D eigenvalue weighted by atomic mass is 9.91. The van der Waals surface area contributed by atoms with E-state index in [1.54, 1.807) is 11.8 Å². The van der Waals surface area contributed by atoms with E-state index < -0.39 is 5.60 Å². The van der Waals surface area contributed by atoms with Gasteiger partial charge in [-0.2, -0.15) is 0 Å². The second kappa shape index (κ2) is 4.75. The molecule has 0 aliphatic carbocycles. The van der Waals surface area contributed by atoms with Crippen molar-refractivity contribution < 1.29 is 14.6 Å². The molecule has 1 aromatic carbocycles. The van der Waals surface area contributed by atoms with Gasteiger partial charge < -0.3 is 20.5 Å². The molecule has 108 valence electrons. The minimum absolute atomic E-state index is 0.00665. The van der Waals surface area contributed by atoms with Gasteiger partial charge in [0.15, 0.2) is 0 Å². The number of amides is 1. The minimum atomic E-state index is -0.938. The molecule has 0 saturated carbocycles. The predicted molar refractivity (Wildman–Crippen MR) is 76.0 cm³/mol. The van der Waals surface area contributed by atoms with Crippen molar-refractivity contribution in [1.82, 2.24) is 0 Å². The lowest BCUT2D eigenvalue weighted by Crippen LogP contribution is -2.41. The maximum atomic E-state index is 12.0. The zero-order chi connectivity index (χ0) is 14.3. The molecular weight excluding hydrogens is 256 g/mol. The van der Waals surface area contributed by atoms with Crippen LogP contribution in [0.25, 0.3) is 0 Å². The van der Waals surface area contributed by atoms with Gasteiger partial charge in [0, 0.05) is 38.4 Å². The topological polar surface area (TPSA) is 75.8 Å². The molecule has 1 atom stereocenters. The third-order valence-electron chi connectivity index (χ3n) is 4.28. The summed E-state index contributed by atoms with van der Waals surface area (Å²) in [7, 11) is 0. The second-order valence-electron chi connectivity index (χ2n) is 5.67. The molecule has 0 bridgehead atoms. The van der Waals surface area contributed by atoms with Gasteiger partial charge in [-0.1, -0.05) is 6.07 Å². The maximum Gasteiger partial charge on any atom is 0.223 e. The van der Waals surface area contributed by atoms with Gasteiger partial charge in [0.05, 0.1) is 17.9 Å². The Morgan fingerprint density at radius 2 is 2.35 bits per heavy atom. The number of anilines is 1. The Bertz CT molecular complexity index is 558. The smallest absolute Gasteiger partial charge is 0.223 e. The third kappa shape index (κ3) is 2.07. The highest BCUT2D eigenvalue weighted by atomic mass is 16.5. The molecule has 2 aliphatic heterocycles. The van der Waals surface area contributed by atoms with Crippen LogP contribution in [0.1, 0.15) is 24.5 Å². The first-order valence-corrected chi connectivity index (χ1v) is 7.02. The van der Waals surface area contributed by atoms with E-state index in [0.29, 0.717) is 26.0 Å². The highest BCUT2D eigenvalue weighted by Crippen LogP contribution is 2.40. The first-order valence-electron chi connectivity index (χ1n) is 7.02. The largest absolute Gasteiger partial charge is 0.493 e. The Labute approximate surface area is 118 Å². The maximum absolute atomic E-state index is 12.0. The van der Waals surface area contributed by atoms with Crippen LogP contribution >= 0.6 is 0 Å². The number of nitrogens with zero attached hydrogens (tertiary/aromatic N) is 1. The number of hydrogen-bond donors (Lipinski definition) is 2. The van der Waals surface area contributed by atoms with E-state index in [1.807, 2.05) is 12.1 Å². The van der Waals surface area contributed by atoms with Crippen molar-refractivity contribution in [2.45, 2.75) is 31.8 Å². The first kappa shape index (κ1) is 13.4. The lowest BCUT2D eigenvalue weighted by molar-refractivity contribution is -0.116. The highest BCUT2D eigenvalue weighted by molar-refractivity contribution is 5.94. The summed E-state index contributed by atoms with van der Waals surface area (Å²) in [5, 5.41) is 10.6. The van der Waals surface area contributed by atoms with E-state index in [2.05, 4.69) is 0 Å². The summed E-state index contributed by atoms with van der Waals surface area (Å²) in [6, 6.07) is 3.88. The summed E-state index contributed by atoms with van der Waals surface area (Å²) in [5.41, 5.74) is 7.77. The minimum Gasteiger partial charge on any atom is -0.493 e. The van der Waals surface area contributed by atoms with Crippen LogP contribution in [-0.2, 0) is 17.6 Å². The monoisotopic (exact) mass is 276 g/mol. The number of carbonyl (C=O) groups excluding carboxylic acids is 1. The Balaban J connectivity index is 2.14. The highest BCUT2D eigenvalue weighted by Gasteiger charge is 2.35. The molecule has 0 fully saturated rings. The van der Waals surface area contributed by atoms with Crippen molar-refractivity contribution in [3.63, 3.8) is 0 Å². The van der Waals surface area contributed by atoms with Crippen molar-refractivity contribution in [2.75, 3.05) is 24.6 Å². The summed E-state index contributed by atoms with van der Waals surface area (Å²) in [6.07, 6.45) is 1.78. The number of hydrogen-bond acceptors (Lipinski definition) is 4. The fourth-order valence-corrected chi connectivity index (χ4v) is 3.15. The summed E-state index contributed by atoms with van der Waals surface area (Å²) in [5.74, 6) is 0.848. The van der Waals surface area contributed by atoms with E-state index in [-0.39, 0.29) is 12.5 Å². The standard InChI is InChI=1S/C15H20N2O3/c1-10(18)17-6-5-15(19,9-16)8-11-2-3-13-12(14(11)17)4-7-20-13/h2-3,19H,4-9,16H2,1H3. The summed E-state index contributed by atoms with van der Waals surface area (Å²) >= 11 is 0. The predicted octanol–water partition coefficient (Wildman–Crippen LogP) is 0.610. The lowest BCUT2D eigenvalue weighted by Gasteiger charge is -2.25. The Kier molecular flexibility index (Phi) is 3.18. The van der Waals surface area contributed by atoms with Crippen LogP contribution in [-0.4, -0.2) is 36.3 Å².